The Morgan fingerprint density at radius 1 is 1.20 bits per heavy atom. The number of methoxy groups -OCH3 is 2. The molecule has 1 N–H and O–H groups in total. The number of para-hydroxylation sites is 2. The first-order chi connectivity index (χ1) is 7.27. The minimum atomic E-state index is -0.144. The molecule has 0 aromatic heterocycles. The van der Waals surface area contributed by atoms with Gasteiger partial charge in [0.15, 0.2) is 12.5 Å². The Balaban J connectivity index is 2.36. The molecular weight excluding hydrogens is 192 g/mol. The molecule has 0 saturated heterocycles. The van der Waals surface area contributed by atoms with Gasteiger partial charge in [-0.1, -0.05) is 12.1 Å². The Morgan fingerprint density at radius 2 is 1.93 bits per heavy atom. The van der Waals surface area contributed by atoms with Crippen molar-refractivity contribution in [3.63, 3.8) is 0 Å². The molecule has 0 spiro atoms. The molecule has 2 atom stereocenters. The summed E-state index contributed by atoms with van der Waals surface area (Å²) in [6.45, 7) is 0. The van der Waals surface area contributed by atoms with Crippen molar-refractivity contribution in [1.29, 1.82) is 0 Å². The van der Waals surface area contributed by atoms with Gasteiger partial charge in [0.25, 0.3) is 0 Å². The number of nitrogens with one attached hydrogen (secondary N) is 1. The second kappa shape index (κ2) is 4.08. The lowest BCUT2D eigenvalue weighted by atomic mass is 10.2. The van der Waals surface area contributed by atoms with E-state index in [1.807, 2.05) is 25.2 Å². The predicted octanol–water partition coefficient (Wildman–Crippen LogP) is 1.49. The molecule has 1 aliphatic heterocycles. The second-order valence-electron chi connectivity index (χ2n) is 3.55. The Bertz CT molecular complexity index is 343. The van der Waals surface area contributed by atoms with E-state index in [-0.39, 0.29) is 12.5 Å². The standard InChI is InChI=1S/C11H16N2O2/c1-13-9-7-5-4-6-8(9)12-10(14-2)11(13)15-3/h4-7,10-12H,1-3H3. The molecule has 0 saturated carbocycles. The number of nitrogens with zero attached hydrogens (tertiary/aromatic N) is 1. The maximum Gasteiger partial charge on any atom is 0.174 e. The summed E-state index contributed by atoms with van der Waals surface area (Å²) in [6.07, 6.45) is -0.250. The van der Waals surface area contributed by atoms with E-state index in [1.165, 1.54) is 0 Å². The highest BCUT2D eigenvalue weighted by Gasteiger charge is 2.31. The van der Waals surface area contributed by atoms with E-state index in [4.69, 9.17) is 9.47 Å². The van der Waals surface area contributed by atoms with Crippen molar-refractivity contribution in [3.8, 4) is 0 Å². The average molecular weight is 208 g/mol. The minimum absolute atomic E-state index is 0.107. The van der Waals surface area contributed by atoms with Gasteiger partial charge in [0.05, 0.1) is 11.4 Å². The summed E-state index contributed by atoms with van der Waals surface area (Å²) < 4.78 is 10.7. The van der Waals surface area contributed by atoms with E-state index in [0.29, 0.717) is 0 Å². The molecule has 0 bridgehead atoms. The van der Waals surface area contributed by atoms with Crippen molar-refractivity contribution >= 4 is 11.4 Å². The maximum absolute atomic E-state index is 5.40. The predicted molar refractivity (Wildman–Crippen MR) is 60.1 cm³/mol. The molecule has 1 aromatic carbocycles. The largest absolute Gasteiger partial charge is 0.357 e. The molecule has 1 aliphatic rings. The molecule has 2 rings (SSSR count). The third-order valence-electron chi connectivity index (χ3n) is 2.72. The average Bonchev–Trinajstić information content (AvgIpc) is 2.29. The van der Waals surface area contributed by atoms with E-state index in [0.717, 1.165) is 11.4 Å². The van der Waals surface area contributed by atoms with E-state index in [9.17, 15) is 0 Å². The number of anilines is 2. The maximum atomic E-state index is 5.40. The molecule has 0 aliphatic carbocycles. The van der Waals surface area contributed by atoms with Crippen LogP contribution in [0.4, 0.5) is 11.4 Å². The van der Waals surface area contributed by atoms with E-state index in [1.54, 1.807) is 14.2 Å². The molecule has 1 heterocycles. The van der Waals surface area contributed by atoms with Crippen LogP contribution in [0.3, 0.4) is 0 Å². The first kappa shape index (κ1) is 10.3. The monoisotopic (exact) mass is 208 g/mol. The van der Waals surface area contributed by atoms with Crippen LogP contribution in [-0.4, -0.2) is 33.7 Å². The topological polar surface area (TPSA) is 33.7 Å². The quantitative estimate of drug-likeness (QED) is 0.798. The highest BCUT2D eigenvalue weighted by atomic mass is 16.5. The number of ether oxygens (including phenoxy) is 2. The summed E-state index contributed by atoms with van der Waals surface area (Å²) in [4.78, 5) is 2.07. The first-order valence-electron chi connectivity index (χ1n) is 4.92. The second-order valence-corrected chi connectivity index (χ2v) is 3.55. The van der Waals surface area contributed by atoms with Crippen molar-refractivity contribution < 1.29 is 9.47 Å². The van der Waals surface area contributed by atoms with Crippen LogP contribution in [0.15, 0.2) is 24.3 Å². The van der Waals surface area contributed by atoms with Crippen LogP contribution >= 0.6 is 0 Å². The summed E-state index contributed by atoms with van der Waals surface area (Å²) in [5.41, 5.74) is 2.19. The van der Waals surface area contributed by atoms with Gasteiger partial charge in [-0.2, -0.15) is 0 Å². The number of rotatable bonds is 2. The van der Waals surface area contributed by atoms with Gasteiger partial charge in [0, 0.05) is 21.3 Å². The molecule has 4 nitrogen and oxygen atoms in total. The molecule has 0 amide bonds. The Morgan fingerprint density at radius 3 is 2.60 bits per heavy atom. The van der Waals surface area contributed by atoms with Crippen LogP contribution in [-0.2, 0) is 9.47 Å². The summed E-state index contributed by atoms with van der Waals surface area (Å²) in [7, 11) is 5.36. The molecule has 0 fully saturated rings. The zero-order chi connectivity index (χ0) is 10.8. The smallest absolute Gasteiger partial charge is 0.174 e. The third-order valence-corrected chi connectivity index (χ3v) is 2.72. The van der Waals surface area contributed by atoms with Crippen LogP contribution in [0.2, 0.25) is 0 Å². The summed E-state index contributed by atoms with van der Waals surface area (Å²) in [5, 5.41) is 3.29. The summed E-state index contributed by atoms with van der Waals surface area (Å²) in [6, 6.07) is 8.10. The molecule has 2 unspecified atom stereocenters. The third kappa shape index (κ3) is 1.66. The van der Waals surface area contributed by atoms with Gasteiger partial charge in [-0.05, 0) is 12.1 Å². The Hall–Kier alpha value is -1.26. The highest BCUT2D eigenvalue weighted by molar-refractivity contribution is 5.72. The van der Waals surface area contributed by atoms with Gasteiger partial charge in [0.2, 0.25) is 0 Å². The van der Waals surface area contributed by atoms with Gasteiger partial charge in [-0.3, -0.25) is 0 Å². The number of hydrogen-bond acceptors (Lipinski definition) is 4. The van der Waals surface area contributed by atoms with Crippen molar-refractivity contribution in [3.05, 3.63) is 24.3 Å². The van der Waals surface area contributed by atoms with Crippen LogP contribution < -0.4 is 10.2 Å². The van der Waals surface area contributed by atoms with E-state index < -0.39 is 0 Å². The van der Waals surface area contributed by atoms with Crippen molar-refractivity contribution in [2.45, 2.75) is 12.5 Å². The van der Waals surface area contributed by atoms with Crippen molar-refractivity contribution in [2.75, 3.05) is 31.5 Å². The fourth-order valence-corrected chi connectivity index (χ4v) is 1.93. The zero-order valence-corrected chi connectivity index (χ0v) is 9.23. The first-order valence-corrected chi connectivity index (χ1v) is 4.92. The van der Waals surface area contributed by atoms with Crippen LogP contribution in [0.25, 0.3) is 0 Å². The van der Waals surface area contributed by atoms with Crippen molar-refractivity contribution in [1.82, 2.24) is 0 Å². The lowest BCUT2D eigenvalue weighted by Crippen LogP contribution is -2.51. The lowest BCUT2D eigenvalue weighted by Gasteiger charge is -2.40. The lowest BCUT2D eigenvalue weighted by molar-refractivity contribution is -0.0226. The number of benzene rings is 1. The molecular formula is C11H16N2O2. The molecule has 4 heteroatoms. The number of hydrogen-bond donors (Lipinski definition) is 1. The normalized spacial score (nSPS) is 24.6. The van der Waals surface area contributed by atoms with Crippen LogP contribution in [0.1, 0.15) is 0 Å². The van der Waals surface area contributed by atoms with Gasteiger partial charge >= 0.3 is 0 Å². The molecule has 0 radical (unpaired) electrons. The summed E-state index contributed by atoms with van der Waals surface area (Å²) >= 11 is 0. The number of fused-ring (bicyclic) bond motifs is 1. The Labute approximate surface area is 89.8 Å². The van der Waals surface area contributed by atoms with Gasteiger partial charge in [0.1, 0.15) is 0 Å². The SMILES string of the molecule is COC1Nc2ccccc2N(C)C1OC. The van der Waals surface area contributed by atoms with Gasteiger partial charge in [-0.15, -0.1) is 0 Å². The van der Waals surface area contributed by atoms with E-state index in [2.05, 4.69) is 16.3 Å². The minimum Gasteiger partial charge on any atom is -0.357 e. The Kier molecular flexibility index (Phi) is 2.79. The fraction of sp³-hybridized carbons (Fsp3) is 0.455. The molecule has 82 valence electrons. The van der Waals surface area contributed by atoms with E-state index >= 15 is 0 Å². The van der Waals surface area contributed by atoms with Gasteiger partial charge in [-0.25, -0.2) is 0 Å². The summed E-state index contributed by atoms with van der Waals surface area (Å²) in [5.74, 6) is 0. The fourth-order valence-electron chi connectivity index (χ4n) is 1.93. The zero-order valence-electron chi connectivity index (χ0n) is 9.23. The van der Waals surface area contributed by atoms with Crippen LogP contribution in [0, 0.1) is 0 Å². The van der Waals surface area contributed by atoms with Gasteiger partial charge < -0.3 is 19.7 Å². The van der Waals surface area contributed by atoms with Crippen LogP contribution in [0.5, 0.6) is 0 Å². The molecule has 15 heavy (non-hydrogen) atoms. The number of likely N-dealkylation sites (N-methyl/N-ethyl adjacent to an activating group) is 1. The van der Waals surface area contributed by atoms with Crippen molar-refractivity contribution in [2.24, 2.45) is 0 Å². The molecule has 1 aromatic rings. The highest BCUT2D eigenvalue weighted by Crippen LogP contribution is 2.32.